The predicted molar refractivity (Wildman–Crippen MR) is 218 cm³/mol. The summed E-state index contributed by atoms with van der Waals surface area (Å²) in [6.45, 7) is 10.4. The quantitative estimate of drug-likeness (QED) is 0.123. The van der Waals surface area contributed by atoms with E-state index in [1.165, 1.54) is 0 Å². The van der Waals surface area contributed by atoms with Crippen molar-refractivity contribution in [3.8, 4) is 22.5 Å². The van der Waals surface area contributed by atoms with Gasteiger partial charge in [0.25, 0.3) is 0 Å². The van der Waals surface area contributed by atoms with Crippen molar-refractivity contribution in [1.82, 2.24) is 9.97 Å². The van der Waals surface area contributed by atoms with E-state index in [0.717, 1.165) is 71.4 Å². The Hall–Kier alpha value is -5.13. The van der Waals surface area contributed by atoms with Crippen molar-refractivity contribution in [1.29, 1.82) is 0 Å². The van der Waals surface area contributed by atoms with E-state index >= 15 is 0 Å². The number of furan rings is 2. The van der Waals surface area contributed by atoms with Crippen LogP contribution in [0.15, 0.2) is 143 Å². The minimum absolute atomic E-state index is 0. The Labute approximate surface area is 329 Å². The van der Waals surface area contributed by atoms with Crippen LogP contribution in [-0.2, 0) is 26.5 Å². The molecule has 0 saturated carbocycles. The maximum absolute atomic E-state index is 9.07. The first-order valence-corrected chi connectivity index (χ1v) is 21.0. The molecule has 9 aromatic rings. The van der Waals surface area contributed by atoms with Gasteiger partial charge in [-0.2, -0.15) is 0 Å². The first-order chi connectivity index (χ1) is 26.3. The molecule has 0 aliphatic heterocycles. The van der Waals surface area contributed by atoms with Gasteiger partial charge in [0.15, 0.2) is 0 Å². The first kappa shape index (κ1) is 32.5. The molecule has 0 atom stereocenters. The Kier molecular flexibility index (Phi) is 9.25. The number of pyridine rings is 2. The van der Waals surface area contributed by atoms with Crippen molar-refractivity contribution < 1.29 is 33.1 Å². The molecule has 265 valence electrons. The molecule has 4 nitrogen and oxygen atoms in total. The van der Waals surface area contributed by atoms with E-state index in [9.17, 15) is 0 Å². The molecule has 0 aliphatic carbocycles. The second-order valence-corrected chi connectivity index (χ2v) is 19.2. The zero-order valence-corrected chi connectivity index (χ0v) is 33.6. The number of hydrogen-bond acceptors (Lipinski definition) is 4. The molecule has 0 N–H and O–H groups in total. The Morgan fingerprint density at radius 1 is 0.717 bits per heavy atom. The van der Waals surface area contributed by atoms with E-state index in [1.54, 1.807) is 6.20 Å². The maximum atomic E-state index is 9.07. The van der Waals surface area contributed by atoms with E-state index in [1.807, 2.05) is 129 Å². The van der Waals surface area contributed by atoms with E-state index in [-0.39, 0.29) is 20.1 Å². The molecule has 53 heavy (non-hydrogen) atoms. The molecule has 5 aromatic carbocycles. The first-order valence-electron chi connectivity index (χ1n) is 19.0. The standard InChI is InChI=1S/C27H24NOSi.C20H16NO.Ir/c1-30(2,3)26-18-28-24(17-20(26)16-19-10-5-4-6-11-19)23-14-9-13-22-21-12-7-8-15-25(21)29-27(22)23;1-13(2)14-9-10-21-18(12-14)15-7-8-20-17(11-15)16-5-3-4-6-19(16)22-20;/h4-13,15,17-18H,16H2,1-3H3;3-6,8-13H,1-2H3;/q2*-1;/i16D2;13D;. The fourth-order valence-corrected chi connectivity index (χ4v) is 7.95. The summed E-state index contributed by atoms with van der Waals surface area (Å²) in [5.74, 6) is -0.649. The molecule has 1 radical (unpaired) electrons. The molecular formula is C47H40IrN2O2Si-2. The normalized spacial score (nSPS) is 12.9. The fraction of sp³-hybridized carbons (Fsp3) is 0.149. The van der Waals surface area contributed by atoms with E-state index in [2.05, 4.69) is 48.9 Å². The van der Waals surface area contributed by atoms with Gasteiger partial charge in [-0.15, -0.1) is 42.0 Å². The summed E-state index contributed by atoms with van der Waals surface area (Å²) in [7, 11) is -1.86. The fourth-order valence-electron chi connectivity index (χ4n) is 6.56. The maximum Gasteiger partial charge on any atom is 0.120 e. The number of benzene rings is 5. The zero-order chi connectivity index (χ0) is 38.5. The molecule has 0 spiro atoms. The smallest absolute Gasteiger partial charge is 0.120 e. The topological polar surface area (TPSA) is 52.1 Å². The van der Waals surface area contributed by atoms with Gasteiger partial charge >= 0.3 is 0 Å². The number of rotatable bonds is 6. The van der Waals surface area contributed by atoms with Crippen LogP contribution in [0.2, 0.25) is 19.6 Å². The van der Waals surface area contributed by atoms with Crippen molar-refractivity contribution in [3.05, 3.63) is 163 Å². The van der Waals surface area contributed by atoms with Crippen molar-refractivity contribution in [2.24, 2.45) is 0 Å². The summed E-state index contributed by atoms with van der Waals surface area (Å²) >= 11 is 0. The van der Waals surface area contributed by atoms with Crippen molar-refractivity contribution >= 4 is 57.1 Å². The van der Waals surface area contributed by atoms with E-state index in [4.69, 9.17) is 17.9 Å². The summed E-state index contributed by atoms with van der Waals surface area (Å²) in [5, 5.41) is 5.24. The van der Waals surface area contributed by atoms with E-state index in [0.29, 0.717) is 16.8 Å². The average molecular weight is 888 g/mol. The molecule has 0 amide bonds. The van der Waals surface area contributed by atoms with Crippen LogP contribution < -0.4 is 5.19 Å². The van der Waals surface area contributed by atoms with Crippen molar-refractivity contribution in [3.63, 3.8) is 0 Å². The van der Waals surface area contributed by atoms with Crippen LogP contribution in [0.5, 0.6) is 0 Å². The molecule has 4 aromatic heterocycles. The van der Waals surface area contributed by atoms with Gasteiger partial charge in [0.05, 0.1) is 19.2 Å². The van der Waals surface area contributed by atoms with Crippen LogP contribution in [0.25, 0.3) is 66.4 Å². The van der Waals surface area contributed by atoms with Crippen LogP contribution in [0, 0.1) is 12.1 Å². The molecule has 6 heteroatoms. The van der Waals surface area contributed by atoms with Crippen LogP contribution in [0.4, 0.5) is 0 Å². The number of hydrogen-bond donors (Lipinski definition) is 0. The van der Waals surface area contributed by atoms with Gasteiger partial charge in [-0.1, -0.05) is 140 Å². The summed E-state index contributed by atoms with van der Waals surface area (Å²) in [6, 6.07) is 45.5. The van der Waals surface area contributed by atoms with Crippen LogP contribution in [0.1, 0.15) is 40.5 Å². The van der Waals surface area contributed by atoms with Gasteiger partial charge < -0.3 is 18.8 Å². The van der Waals surface area contributed by atoms with Gasteiger partial charge in [-0.05, 0) is 52.6 Å². The van der Waals surface area contributed by atoms with Gasteiger partial charge in [0.2, 0.25) is 0 Å². The zero-order valence-electron chi connectivity index (χ0n) is 33.2. The molecular weight excluding hydrogens is 845 g/mol. The van der Waals surface area contributed by atoms with Crippen molar-refractivity contribution in [2.45, 2.75) is 45.8 Å². The SMILES string of the molecule is [2H]C(C)(C)c1ccnc(-c2[c-]cc3oc4ccccc4c3c2)c1.[2H]C([2H])(c1ccccc1)c1cc(-c2[c-]ccc3c2oc2ccccc23)ncc1[Si](C)(C)C.[Ir]. The minimum atomic E-state index is -1.86. The molecule has 0 saturated heterocycles. The van der Waals surface area contributed by atoms with Crippen molar-refractivity contribution in [2.75, 3.05) is 0 Å². The molecule has 0 aliphatic rings. The second-order valence-electron chi connectivity index (χ2n) is 14.2. The number of aromatic nitrogens is 2. The average Bonchev–Trinajstić information content (AvgIpc) is 3.76. The van der Waals surface area contributed by atoms with Crippen LogP contribution in [0.3, 0.4) is 0 Å². The summed E-state index contributed by atoms with van der Waals surface area (Å²) in [4.78, 5) is 9.23. The number of nitrogens with zero attached hydrogens (tertiary/aromatic N) is 2. The minimum Gasteiger partial charge on any atom is -0.501 e. The summed E-state index contributed by atoms with van der Waals surface area (Å²) in [5.41, 5.74) is 8.68. The van der Waals surface area contributed by atoms with Crippen LogP contribution >= 0.6 is 0 Å². The van der Waals surface area contributed by atoms with Crippen LogP contribution in [-0.4, -0.2) is 18.0 Å². The third kappa shape index (κ3) is 7.41. The predicted octanol–water partition coefficient (Wildman–Crippen LogP) is 12.2. The Morgan fingerprint density at radius 3 is 2.15 bits per heavy atom. The Bertz CT molecular complexity index is 2840. The molecule has 0 unspecified atom stereocenters. The monoisotopic (exact) mass is 888 g/mol. The number of fused-ring (bicyclic) bond motifs is 6. The van der Waals surface area contributed by atoms with Gasteiger partial charge in [-0.3, -0.25) is 0 Å². The third-order valence-electron chi connectivity index (χ3n) is 9.28. The van der Waals surface area contributed by atoms with Gasteiger partial charge in [0, 0.05) is 47.4 Å². The Morgan fingerprint density at radius 2 is 1.42 bits per heavy atom. The third-order valence-corrected chi connectivity index (χ3v) is 11.3. The molecule has 9 rings (SSSR count). The molecule has 4 heterocycles. The van der Waals surface area contributed by atoms with Gasteiger partial charge in [-0.25, -0.2) is 0 Å². The van der Waals surface area contributed by atoms with E-state index < -0.39 is 20.3 Å². The molecule has 0 fully saturated rings. The molecule has 0 bridgehead atoms. The number of para-hydroxylation sites is 2. The van der Waals surface area contributed by atoms with Gasteiger partial charge in [0.1, 0.15) is 11.2 Å². The largest absolute Gasteiger partial charge is 0.501 e. The summed E-state index contributed by atoms with van der Waals surface area (Å²) in [6.07, 6.45) is 1.98. The summed E-state index contributed by atoms with van der Waals surface area (Å²) < 4.78 is 38.4. The second kappa shape index (κ2) is 15.1. The Balaban J connectivity index is 0.000000177.